The average molecular weight is 245 g/mol. The van der Waals surface area contributed by atoms with Gasteiger partial charge in [-0.3, -0.25) is 9.48 Å². The molecule has 92 valence electrons. The maximum Gasteiger partial charge on any atom is 0.335 e. The molecule has 18 heavy (non-hydrogen) atoms. The SMILES string of the molecule is Cn1cc(C(=O)Nc2cccc(C(=O)O)c2)cn1. The van der Waals surface area contributed by atoms with Crippen LogP contribution in [-0.2, 0) is 7.05 Å². The Bertz CT molecular complexity index is 604. The third-order valence-corrected chi connectivity index (χ3v) is 2.33. The molecule has 0 aliphatic rings. The first-order valence-electron chi connectivity index (χ1n) is 5.19. The van der Waals surface area contributed by atoms with Crippen molar-refractivity contribution in [3.05, 3.63) is 47.8 Å². The first-order chi connectivity index (χ1) is 8.56. The van der Waals surface area contributed by atoms with Crippen LogP contribution in [0.15, 0.2) is 36.7 Å². The minimum absolute atomic E-state index is 0.124. The van der Waals surface area contributed by atoms with Crippen LogP contribution in [-0.4, -0.2) is 26.8 Å². The lowest BCUT2D eigenvalue weighted by molar-refractivity contribution is 0.0696. The van der Waals surface area contributed by atoms with Crippen molar-refractivity contribution in [1.29, 1.82) is 0 Å². The van der Waals surface area contributed by atoms with Gasteiger partial charge in [0.2, 0.25) is 0 Å². The van der Waals surface area contributed by atoms with Crippen LogP contribution in [0.1, 0.15) is 20.7 Å². The molecule has 1 heterocycles. The summed E-state index contributed by atoms with van der Waals surface area (Å²) < 4.78 is 1.52. The van der Waals surface area contributed by atoms with Crippen molar-refractivity contribution in [2.45, 2.75) is 0 Å². The number of amides is 1. The number of anilines is 1. The lowest BCUT2D eigenvalue weighted by atomic mass is 10.2. The van der Waals surface area contributed by atoms with Crippen molar-refractivity contribution in [2.75, 3.05) is 5.32 Å². The van der Waals surface area contributed by atoms with Gasteiger partial charge in [-0.05, 0) is 18.2 Å². The Labute approximate surface area is 103 Å². The molecule has 6 nitrogen and oxygen atoms in total. The molecule has 0 radical (unpaired) electrons. The third-order valence-electron chi connectivity index (χ3n) is 2.33. The molecule has 0 atom stereocenters. The second-order valence-electron chi connectivity index (χ2n) is 3.74. The molecule has 0 saturated heterocycles. The summed E-state index contributed by atoms with van der Waals surface area (Å²) >= 11 is 0. The molecular formula is C12H11N3O3. The molecule has 6 heteroatoms. The molecule has 1 amide bonds. The Balaban J connectivity index is 2.16. The van der Waals surface area contributed by atoms with Crippen LogP contribution >= 0.6 is 0 Å². The summed E-state index contributed by atoms with van der Waals surface area (Å²) in [5.41, 5.74) is 0.973. The van der Waals surface area contributed by atoms with Gasteiger partial charge >= 0.3 is 5.97 Å². The molecule has 2 N–H and O–H groups in total. The van der Waals surface area contributed by atoms with E-state index in [1.54, 1.807) is 25.4 Å². The summed E-state index contributed by atoms with van der Waals surface area (Å²) in [5.74, 6) is -1.36. The Kier molecular flexibility index (Phi) is 3.09. The van der Waals surface area contributed by atoms with E-state index in [0.717, 1.165) is 0 Å². The number of benzene rings is 1. The molecule has 0 aliphatic carbocycles. The highest BCUT2D eigenvalue weighted by Crippen LogP contribution is 2.12. The van der Waals surface area contributed by atoms with E-state index in [4.69, 9.17) is 5.11 Å². The average Bonchev–Trinajstić information content (AvgIpc) is 2.76. The predicted octanol–water partition coefficient (Wildman–Crippen LogP) is 1.37. The van der Waals surface area contributed by atoms with Crippen LogP contribution < -0.4 is 5.32 Å². The molecule has 0 saturated carbocycles. The maximum absolute atomic E-state index is 11.8. The zero-order chi connectivity index (χ0) is 13.1. The van der Waals surface area contributed by atoms with Crippen LogP contribution in [0.4, 0.5) is 5.69 Å². The number of nitrogens with one attached hydrogen (secondary N) is 1. The Hall–Kier alpha value is -2.63. The fraction of sp³-hybridized carbons (Fsp3) is 0.0833. The Morgan fingerprint density at radius 3 is 2.72 bits per heavy atom. The molecule has 1 aromatic heterocycles. The number of rotatable bonds is 3. The van der Waals surface area contributed by atoms with Gasteiger partial charge in [0.15, 0.2) is 0 Å². The number of carbonyl (C=O) groups is 2. The topological polar surface area (TPSA) is 84.2 Å². The number of aromatic carboxylic acids is 1. The van der Waals surface area contributed by atoms with Crippen molar-refractivity contribution in [3.63, 3.8) is 0 Å². The largest absolute Gasteiger partial charge is 0.478 e. The zero-order valence-corrected chi connectivity index (χ0v) is 9.62. The summed E-state index contributed by atoms with van der Waals surface area (Å²) in [7, 11) is 1.71. The molecule has 0 aliphatic heterocycles. The highest BCUT2D eigenvalue weighted by molar-refractivity contribution is 6.04. The molecule has 2 rings (SSSR count). The number of nitrogens with zero attached hydrogens (tertiary/aromatic N) is 2. The lowest BCUT2D eigenvalue weighted by Gasteiger charge is -2.04. The Morgan fingerprint density at radius 2 is 2.11 bits per heavy atom. The number of carbonyl (C=O) groups excluding carboxylic acids is 1. The van der Waals surface area contributed by atoms with E-state index in [1.165, 1.54) is 23.0 Å². The van der Waals surface area contributed by atoms with Crippen LogP contribution in [0.3, 0.4) is 0 Å². The van der Waals surface area contributed by atoms with Gasteiger partial charge in [-0.2, -0.15) is 5.10 Å². The van der Waals surface area contributed by atoms with Gasteiger partial charge in [-0.25, -0.2) is 4.79 Å². The number of carboxylic acids is 1. The lowest BCUT2D eigenvalue weighted by Crippen LogP contribution is -2.11. The highest BCUT2D eigenvalue weighted by Gasteiger charge is 2.09. The van der Waals surface area contributed by atoms with Crippen molar-refractivity contribution < 1.29 is 14.7 Å². The Morgan fingerprint density at radius 1 is 1.33 bits per heavy atom. The van der Waals surface area contributed by atoms with E-state index in [2.05, 4.69) is 10.4 Å². The summed E-state index contributed by atoms with van der Waals surface area (Å²) in [4.78, 5) is 22.6. The van der Waals surface area contributed by atoms with Crippen LogP contribution in [0.25, 0.3) is 0 Å². The molecule has 2 aromatic rings. The molecule has 0 bridgehead atoms. The second kappa shape index (κ2) is 4.70. The van der Waals surface area contributed by atoms with Crippen molar-refractivity contribution in [3.8, 4) is 0 Å². The quantitative estimate of drug-likeness (QED) is 0.855. The first-order valence-corrected chi connectivity index (χ1v) is 5.19. The second-order valence-corrected chi connectivity index (χ2v) is 3.74. The monoisotopic (exact) mass is 245 g/mol. The van der Waals surface area contributed by atoms with E-state index in [1.807, 2.05) is 0 Å². The van der Waals surface area contributed by atoms with Crippen molar-refractivity contribution in [2.24, 2.45) is 7.05 Å². The van der Waals surface area contributed by atoms with E-state index >= 15 is 0 Å². The zero-order valence-electron chi connectivity index (χ0n) is 9.62. The highest BCUT2D eigenvalue weighted by atomic mass is 16.4. The van der Waals surface area contributed by atoms with Crippen molar-refractivity contribution in [1.82, 2.24) is 9.78 Å². The number of aromatic nitrogens is 2. The predicted molar refractivity (Wildman–Crippen MR) is 64.6 cm³/mol. The number of hydrogen-bond acceptors (Lipinski definition) is 3. The van der Waals surface area contributed by atoms with E-state index in [-0.39, 0.29) is 11.5 Å². The van der Waals surface area contributed by atoms with Gasteiger partial charge in [0.05, 0.1) is 17.3 Å². The summed E-state index contributed by atoms with van der Waals surface area (Å²) in [6.45, 7) is 0. The molecule has 1 aromatic carbocycles. The van der Waals surface area contributed by atoms with Crippen molar-refractivity contribution >= 4 is 17.6 Å². The van der Waals surface area contributed by atoms with E-state index < -0.39 is 5.97 Å². The van der Waals surface area contributed by atoms with Crippen LogP contribution in [0, 0.1) is 0 Å². The fourth-order valence-electron chi connectivity index (χ4n) is 1.47. The molecule has 0 fully saturated rings. The number of carboxylic acid groups (broad SMARTS) is 1. The van der Waals surface area contributed by atoms with Gasteiger partial charge in [0, 0.05) is 18.9 Å². The van der Waals surface area contributed by atoms with E-state index in [0.29, 0.717) is 11.3 Å². The smallest absolute Gasteiger partial charge is 0.335 e. The van der Waals surface area contributed by atoms with Gasteiger partial charge in [-0.15, -0.1) is 0 Å². The summed E-state index contributed by atoms with van der Waals surface area (Å²) in [6, 6.07) is 6.06. The maximum atomic E-state index is 11.8. The van der Waals surface area contributed by atoms with Gasteiger partial charge < -0.3 is 10.4 Å². The number of aryl methyl sites for hydroxylation is 1. The first kappa shape index (κ1) is 11.8. The summed E-state index contributed by atoms with van der Waals surface area (Å²) in [5, 5.41) is 15.3. The van der Waals surface area contributed by atoms with Gasteiger partial charge in [0.25, 0.3) is 5.91 Å². The van der Waals surface area contributed by atoms with Crippen LogP contribution in [0.5, 0.6) is 0 Å². The minimum atomic E-state index is -1.03. The minimum Gasteiger partial charge on any atom is -0.478 e. The van der Waals surface area contributed by atoms with Gasteiger partial charge in [-0.1, -0.05) is 6.07 Å². The molecule has 0 unspecified atom stereocenters. The fourth-order valence-corrected chi connectivity index (χ4v) is 1.47. The number of hydrogen-bond donors (Lipinski definition) is 2. The standard InChI is InChI=1S/C12H11N3O3/c1-15-7-9(6-13-15)11(16)14-10-4-2-3-8(5-10)12(17)18/h2-7H,1H3,(H,14,16)(H,17,18). The van der Waals surface area contributed by atoms with Crippen LogP contribution in [0.2, 0.25) is 0 Å². The van der Waals surface area contributed by atoms with Gasteiger partial charge in [0.1, 0.15) is 0 Å². The normalized spacial score (nSPS) is 10.1. The summed E-state index contributed by atoms with van der Waals surface area (Å²) in [6.07, 6.45) is 3.02. The molecule has 0 spiro atoms. The third kappa shape index (κ3) is 2.54. The van der Waals surface area contributed by atoms with E-state index in [9.17, 15) is 9.59 Å². The molecular weight excluding hydrogens is 234 g/mol.